The van der Waals surface area contributed by atoms with Crippen LogP contribution in [0, 0.1) is 0 Å². The van der Waals surface area contributed by atoms with Crippen LogP contribution in [0.1, 0.15) is 43.2 Å². The smallest absolute Gasteiger partial charge is 0.00895 e. The Labute approximate surface area is 68.3 Å². The van der Waals surface area contributed by atoms with Crippen molar-refractivity contribution in [3.8, 4) is 0 Å². The lowest BCUT2D eigenvalue weighted by Gasteiger charge is -2.26. The van der Waals surface area contributed by atoms with E-state index < -0.39 is 0 Å². The quantitative estimate of drug-likeness (QED) is 0.613. The highest BCUT2D eigenvalue weighted by Crippen LogP contribution is 2.38. The Morgan fingerprint density at radius 1 is 1.27 bits per heavy atom. The molecule has 58 valence electrons. The fourth-order valence-corrected chi connectivity index (χ4v) is 1.83. The molecule has 0 radical (unpaired) electrons. The zero-order valence-corrected chi connectivity index (χ0v) is 7.01. The summed E-state index contributed by atoms with van der Waals surface area (Å²) in [6, 6.07) is 8.95. The zero-order chi connectivity index (χ0) is 7.68. The molecule has 11 heavy (non-hydrogen) atoms. The maximum atomic E-state index is 2.31. The number of unbranched alkanes of at least 4 members (excludes halogenated alkanes) is 1. The Morgan fingerprint density at radius 3 is 2.55 bits per heavy atom. The maximum Gasteiger partial charge on any atom is 0.00895 e. The molecule has 0 saturated heterocycles. The Bertz CT molecular complexity index is 223. The van der Waals surface area contributed by atoms with Crippen LogP contribution in [0.5, 0.6) is 0 Å². The van der Waals surface area contributed by atoms with Gasteiger partial charge in [-0.25, -0.2) is 0 Å². The van der Waals surface area contributed by atoms with E-state index >= 15 is 0 Å². The van der Waals surface area contributed by atoms with E-state index in [-0.39, 0.29) is 0 Å². The predicted molar refractivity (Wildman–Crippen MR) is 47.8 cm³/mol. The number of rotatable bonds is 3. The summed E-state index contributed by atoms with van der Waals surface area (Å²) in [5.74, 6) is 0.806. The minimum atomic E-state index is 0.806. The fraction of sp³-hybridized carbons (Fsp3) is 0.455. The molecule has 0 heteroatoms. The van der Waals surface area contributed by atoms with Crippen LogP contribution in [0.2, 0.25) is 0 Å². The van der Waals surface area contributed by atoms with Gasteiger partial charge in [-0.15, -0.1) is 0 Å². The molecule has 0 nitrogen and oxygen atoms in total. The van der Waals surface area contributed by atoms with E-state index in [9.17, 15) is 0 Å². The van der Waals surface area contributed by atoms with Gasteiger partial charge in [0.25, 0.3) is 0 Å². The number of benzene rings is 1. The normalized spacial score (nSPS) is 14.6. The molecule has 3 rings (SSSR count). The highest BCUT2D eigenvalue weighted by Gasteiger charge is 2.21. The SMILES string of the molecule is CCCCC1c2cccc1c2. The van der Waals surface area contributed by atoms with E-state index in [2.05, 4.69) is 31.2 Å². The number of hydrogen-bond donors (Lipinski definition) is 0. The van der Waals surface area contributed by atoms with Gasteiger partial charge in [0.2, 0.25) is 0 Å². The number of fused-ring (bicyclic) bond motifs is 2. The van der Waals surface area contributed by atoms with Gasteiger partial charge in [0.1, 0.15) is 0 Å². The molecule has 2 aliphatic rings. The van der Waals surface area contributed by atoms with Crippen LogP contribution in [0.25, 0.3) is 0 Å². The average molecular weight is 146 g/mol. The van der Waals surface area contributed by atoms with E-state index in [4.69, 9.17) is 0 Å². The molecule has 1 aromatic rings. The second-order valence-electron chi connectivity index (χ2n) is 3.36. The Kier molecular flexibility index (Phi) is 1.69. The van der Waals surface area contributed by atoms with Gasteiger partial charge in [0, 0.05) is 5.92 Å². The zero-order valence-electron chi connectivity index (χ0n) is 7.01. The molecule has 0 spiro atoms. The fourth-order valence-electron chi connectivity index (χ4n) is 1.83. The van der Waals surface area contributed by atoms with Crippen LogP contribution in [0.15, 0.2) is 24.3 Å². The van der Waals surface area contributed by atoms with Crippen LogP contribution in [0.4, 0.5) is 0 Å². The highest BCUT2D eigenvalue weighted by atomic mass is 14.3. The van der Waals surface area contributed by atoms with Crippen molar-refractivity contribution in [1.29, 1.82) is 0 Å². The van der Waals surface area contributed by atoms with Gasteiger partial charge in [0.15, 0.2) is 0 Å². The molecule has 0 unspecified atom stereocenters. The van der Waals surface area contributed by atoms with Crippen molar-refractivity contribution in [1.82, 2.24) is 0 Å². The van der Waals surface area contributed by atoms with Gasteiger partial charge in [-0.1, -0.05) is 44.0 Å². The van der Waals surface area contributed by atoms with E-state index in [1.54, 1.807) is 11.1 Å². The van der Waals surface area contributed by atoms with Gasteiger partial charge in [-0.2, -0.15) is 0 Å². The van der Waals surface area contributed by atoms with Crippen LogP contribution < -0.4 is 0 Å². The van der Waals surface area contributed by atoms with Crippen LogP contribution >= 0.6 is 0 Å². The van der Waals surface area contributed by atoms with Gasteiger partial charge >= 0.3 is 0 Å². The van der Waals surface area contributed by atoms with Crippen molar-refractivity contribution >= 4 is 0 Å². The first kappa shape index (κ1) is 6.90. The maximum absolute atomic E-state index is 2.31. The van der Waals surface area contributed by atoms with Crippen molar-refractivity contribution < 1.29 is 0 Å². The van der Waals surface area contributed by atoms with Crippen LogP contribution in [0.3, 0.4) is 0 Å². The minimum absolute atomic E-state index is 0.806. The van der Waals surface area contributed by atoms with Gasteiger partial charge in [-0.05, 0) is 17.5 Å². The molecular weight excluding hydrogens is 132 g/mol. The van der Waals surface area contributed by atoms with Crippen molar-refractivity contribution in [3.63, 3.8) is 0 Å². The molecule has 0 N–H and O–H groups in total. The van der Waals surface area contributed by atoms with Gasteiger partial charge < -0.3 is 0 Å². The Hall–Kier alpha value is -0.780. The van der Waals surface area contributed by atoms with Crippen molar-refractivity contribution in [2.24, 2.45) is 0 Å². The van der Waals surface area contributed by atoms with E-state index in [0.29, 0.717) is 0 Å². The molecule has 0 aromatic heterocycles. The topological polar surface area (TPSA) is 0 Å². The van der Waals surface area contributed by atoms with E-state index in [0.717, 1.165) is 5.92 Å². The van der Waals surface area contributed by atoms with Crippen LogP contribution in [-0.2, 0) is 0 Å². The minimum Gasteiger partial charge on any atom is -0.0654 e. The van der Waals surface area contributed by atoms with Crippen molar-refractivity contribution in [2.45, 2.75) is 32.1 Å². The molecule has 0 saturated carbocycles. The van der Waals surface area contributed by atoms with Crippen molar-refractivity contribution in [3.05, 3.63) is 35.4 Å². The monoisotopic (exact) mass is 146 g/mol. The highest BCUT2D eigenvalue weighted by molar-refractivity contribution is 5.43. The van der Waals surface area contributed by atoms with E-state index in [1.165, 1.54) is 19.3 Å². The first-order valence-corrected chi connectivity index (χ1v) is 4.51. The average Bonchev–Trinajstić information content (AvgIpc) is 2.06. The third-order valence-electron chi connectivity index (χ3n) is 2.56. The number of hydrogen-bond acceptors (Lipinski definition) is 0. The first-order valence-electron chi connectivity index (χ1n) is 4.51. The molecule has 0 aliphatic heterocycles. The summed E-state index contributed by atoms with van der Waals surface area (Å²) >= 11 is 0. The Morgan fingerprint density at radius 2 is 2.00 bits per heavy atom. The van der Waals surface area contributed by atoms with Crippen LogP contribution in [-0.4, -0.2) is 0 Å². The lowest BCUT2D eigenvalue weighted by Crippen LogP contribution is -2.10. The molecule has 1 aromatic carbocycles. The summed E-state index contributed by atoms with van der Waals surface area (Å²) in [5, 5.41) is 0. The van der Waals surface area contributed by atoms with Gasteiger partial charge in [0.05, 0.1) is 0 Å². The third kappa shape index (κ3) is 1.07. The third-order valence-corrected chi connectivity index (χ3v) is 2.56. The summed E-state index contributed by atoms with van der Waals surface area (Å²) in [6.45, 7) is 2.26. The molecule has 0 atom stereocenters. The summed E-state index contributed by atoms with van der Waals surface area (Å²) in [6.07, 6.45) is 4.05. The molecular formula is C11H14. The molecule has 0 amide bonds. The molecule has 2 bridgehead atoms. The summed E-state index contributed by atoms with van der Waals surface area (Å²) in [7, 11) is 0. The largest absolute Gasteiger partial charge is 0.0654 e. The summed E-state index contributed by atoms with van der Waals surface area (Å²) in [5.41, 5.74) is 3.10. The lowest BCUT2D eigenvalue weighted by atomic mass is 9.78. The summed E-state index contributed by atoms with van der Waals surface area (Å²) in [4.78, 5) is 0. The Balaban J connectivity index is 2.00. The second-order valence-corrected chi connectivity index (χ2v) is 3.36. The lowest BCUT2D eigenvalue weighted by molar-refractivity contribution is 0.626. The molecule has 0 heterocycles. The van der Waals surface area contributed by atoms with Gasteiger partial charge in [-0.3, -0.25) is 0 Å². The predicted octanol–water partition coefficient (Wildman–Crippen LogP) is 3.32. The standard InChI is InChI=1S/C11H14/c1-2-3-7-11-9-5-4-6-10(11)8-9/h4-6,8,11H,2-3,7H2,1H3. The van der Waals surface area contributed by atoms with Crippen molar-refractivity contribution in [2.75, 3.05) is 0 Å². The van der Waals surface area contributed by atoms with E-state index in [1.807, 2.05) is 0 Å². The molecule has 0 fully saturated rings. The first-order chi connectivity index (χ1) is 5.42. The molecule has 2 aliphatic carbocycles. The summed E-state index contributed by atoms with van der Waals surface area (Å²) < 4.78 is 0. The second kappa shape index (κ2) is 2.69.